The maximum Gasteiger partial charge on any atom is 0.490 e. The third-order valence-corrected chi connectivity index (χ3v) is 11.2. The number of aryl methyl sites for hydroxylation is 4. The molecule has 1 saturated heterocycles. The Labute approximate surface area is 462 Å². The first-order valence-corrected chi connectivity index (χ1v) is 24.1. The average molecular weight is 1190 g/mol. The minimum Gasteiger partial charge on any atom is -0.494 e. The summed E-state index contributed by atoms with van der Waals surface area (Å²) in [5.41, 5.74) is 15.7. The summed E-state index contributed by atoms with van der Waals surface area (Å²) in [6, 6.07) is 9.61. The predicted octanol–water partition coefficient (Wildman–Crippen LogP) is 5.40. The van der Waals surface area contributed by atoms with E-state index in [0.717, 1.165) is 19.6 Å². The maximum atomic E-state index is 13.8. The number of carboxylic acids is 3. The van der Waals surface area contributed by atoms with Gasteiger partial charge in [0.1, 0.15) is 33.9 Å². The molecule has 4 aromatic heterocycles. The summed E-state index contributed by atoms with van der Waals surface area (Å²) in [5.74, 6) is -9.38. The van der Waals surface area contributed by atoms with Gasteiger partial charge in [-0.25, -0.2) is 24.4 Å². The van der Waals surface area contributed by atoms with Gasteiger partial charge in [0.25, 0.3) is 11.8 Å². The number of amides is 4. The van der Waals surface area contributed by atoms with Crippen molar-refractivity contribution in [3.05, 3.63) is 82.5 Å². The molecule has 4 amide bonds. The molecule has 0 saturated carbocycles. The van der Waals surface area contributed by atoms with Crippen LogP contribution in [0.4, 0.5) is 51.4 Å². The quantitative estimate of drug-likeness (QED) is 0.0321. The molecule has 1 fully saturated rings. The fourth-order valence-electron chi connectivity index (χ4n) is 7.48. The van der Waals surface area contributed by atoms with Crippen LogP contribution in [0.3, 0.4) is 0 Å². The minimum absolute atomic E-state index is 0.171. The number of halogens is 9. The molecule has 0 aliphatic carbocycles. The van der Waals surface area contributed by atoms with Crippen LogP contribution in [0.5, 0.6) is 11.5 Å². The Bertz CT molecular complexity index is 3300. The second kappa shape index (κ2) is 28.4. The van der Waals surface area contributed by atoms with Gasteiger partial charge in [-0.1, -0.05) is 12.2 Å². The van der Waals surface area contributed by atoms with E-state index in [1.165, 1.54) is 19.2 Å². The number of carbonyl (C=O) groups excluding carboxylic acids is 4. The van der Waals surface area contributed by atoms with Gasteiger partial charge in [0, 0.05) is 56.9 Å². The zero-order chi connectivity index (χ0) is 62.3. The van der Waals surface area contributed by atoms with Crippen LogP contribution in [-0.2, 0) is 45.3 Å². The first kappa shape index (κ1) is 66.2. The van der Waals surface area contributed by atoms with Crippen molar-refractivity contribution in [2.45, 2.75) is 78.8 Å². The van der Waals surface area contributed by atoms with Gasteiger partial charge in [-0.05, 0) is 70.5 Å². The number of carboxylic acid groups (broad SMARTS) is 3. The highest BCUT2D eigenvalue weighted by Crippen LogP contribution is 2.33. The molecule has 0 bridgehead atoms. The first-order valence-electron chi connectivity index (χ1n) is 24.1. The van der Waals surface area contributed by atoms with E-state index in [1.807, 2.05) is 32.9 Å². The molecule has 0 radical (unpaired) electrons. The Kier molecular flexibility index (Phi) is 22.7. The summed E-state index contributed by atoms with van der Waals surface area (Å²) < 4.78 is 120. The van der Waals surface area contributed by atoms with E-state index in [-0.39, 0.29) is 36.1 Å². The minimum atomic E-state index is -5.08. The topological polar surface area (TPSA) is 358 Å². The molecule has 0 unspecified atom stereocenters. The SMILES string of the molecule is CCn1nc(C)cc1C(=O)Nc1nc2cc(C(N)=O)cc(OC)c2n1C/C=C/Cn1c(NC(=O)c2cc(C)nn2CC)nc2cc(C(N)=O)cc(OCCCN3CCOCC3)c21.O=C(O)C(F)(F)F.O=C(O)C(F)(F)F.O=C(O)C(F)(F)F. The van der Waals surface area contributed by atoms with E-state index in [0.29, 0.717) is 95.7 Å². The molecule has 0 atom stereocenters. The zero-order valence-electron chi connectivity index (χ0n) is 44.4. The molecule has 5 heterocycles. The van der Waals surface area contributed by atoms with Crippen molar-refractivity contribution < 1.29 is 103 Å². The van der Waals surface area contributed by atoms with Gasteiger partial charge in [-0.15, -0.1) is 0 Å². The molecule has 26 nitrogen and oxygen atoms in total. The Hall–Kier alpha value is -9.28. The summed E-state index contributed by atoms with van der Waals surface area (Å²) in [6.07, 6.45) is -10.8. The molecular formula is C48H54F9N13O13. The third kappa shape index (κ3) is 18.4. The van der Waals surface area contributed by atoms with Gasteiger partial charge in [0.15, 0.2) is 0 Å². The summed E-state index contributed by atoms with van der Waals surface area (Å²) in [7, 11) is 1.47. The van der Waals surface area contributed by atoms with E-state index < -0.39 is 60.1 Å². The molecular weight excluding hydrogens is 1140 g/mol. The molecule has 1 aliphatic rings. The lowest BCUT2D eigenvalue weighted by atomic mass is 10.1. The zero-order valence-corrected chi connectivity index (χ0v) is 44.4. The number of aliphatic carboxylic acids is 3. The highest BCUT2D eigenvalue weighted by molar-refractivity contribution is 6.05. The fraction of sp³-hybridized carbons (Fsp3) is 0.396. The first-order chi connectivity index (χ1) is 38.7. The Morgan fingerprint density at radius 1 is 0.639 bits per heavy atom. The highest BCUT2D eigenvalue weighted by atomic mass is 19.4. The molecule has 35 heteroatoms. The summed E-state index contributed by atoms with van der Waals surface area (Å²) in [4.78, 5) is 90.7. The van der Waals surface area contributed by atoms with Crippen LogP contribution in [0.15, 0.2) is 48.6 Å². The number of morpholine rings is 1. The normalized spacial score (nSPS) is 12.8. The second-order valence-corrected chi connectivity index (χ2v) is 17.1. The number of primary amides is 2. The van der Waals surface area contributed by atoms with Crippen molar-refractivity contribution in [1.29, 1.82) is 0 Å². The molecule has 83 heavy (non-hydrogen) atoms. The number of nitrogens with zero attached hydrogens (tertiary/aromatic N) is 9. The fourth-order valence-corrected chi connectivity index (χ4v) is 7.48. The van der Waals surface area contributed by atoms with Crippen molar-refractivity contribution in [2.75, 3.05) is 57.2 Å². The van der Waals surface area contributed by atoms with Crippen molar-refractivity contribution in [2.24, 2.45) is 11.5 Å². The number of fused-ring (bicyclic) bond motifs is 2. The predicted molar refractivity (Wildman–Crippen MR) is 272 cm³/mol. The Morgan fingerprint density at radius 3 is 1.36 bits per heavy atom. The van der Waals surface area contributed by atoms with Crippen LogP contribution < -0.4 is 31.6 Å². The molecule has 7 rings (SSSR count). The van der Waals surface area contributed by atoms with Crippen LogP contribution in [0.1, 0.15) is 73.3 Å². The largest absolute Gasteiger partial charge is 0.494 e. The number of hydrogen-bond acceptors (Lipinski definition) is 15. The standard InChI is InChI=1S/C42H51N13O7.3C2HF3O2/c1-6-54-31(19-25(3)49-54)39(58)47-41-45-29-21-27(37(43)56)23-33(60-5)35(29)52(41)12-8-9-13-53-36-30(46-42(53)48-40(59)32-20-26(4)50-55(32)7-2)22-28(38(44)57)24-34(36)62-16-10-11-51-14-17-61-18-15-51;3*3-2(4,5)1(6)7/h8-9,19-24H,6-7,10-18H2,1-5H3,(H2,43,56)(H2,44,57)(H,45,47,58)(H,46,48,59);3*(H,6,7)/b9-8+;;;. The highest BCUT2D eigenvalue weighted by Gasteiger charge is 2.39. The number of nitrogens with one attached hydrogen (secondary N) is 2. The lowest BCUT2D eigenvalue weighted by molar-refractivity contribution is -0.193. The summed E-state index contributed by atoms with van der Waals surface area (Å²) in [5, 5.41) is 36.1. The van der Waals surface area contributed by atoms with Crippen molar-refractivity contribution in [1.82, 2.24) is 43.6 Å². The number of anilines is 2. The van der Waals surface area contributed by atoms with Crippen LogP contribution in [0.2, 0.25) is 0 Å². The monoisotopic (exact) mass is 1190 g/mol. The van der Waals surface area contributed by atoms with E-state index in [2.05, 4.69) is 25.7 Å². The number of alkyl halides is 9. The van der Waals surface area contributed by atoms with E-state index in [1.54, 1.807) is 49.7 Å². The van der Waals surface area contributed by atoms with E-state index >= 15 is 0 Å². The van der Waals surface area contributed by atoms with Crippen LogP contribution in [0.25, 0.3) is 22.1 Å². The van der Waals surface area contributed by atoms with Gasteiger partial charge in [0.05, 0.1) is 49.4 Å². The van der Waals surface area contributed by atoms with Crippen molar-refractivity contribution >= 4 is 75.5 Å². The number of nitrogens with two attached hydrogens (primary N) is 2. The summed E-state index contributed by atoms with van der Waals surface area (Å²) in [6.45, 7) is 12.9. The summed E-state index contributed by atoms with van der Waals surface area (Å²) >= 11 is 0. The molecule has 6 aromatic rings. The van der Waals surface area contributed by atoms with Gasteiger partial charge in [0.2, 0.25) is 23.7 Å². The van der Waals surface area contributed by atoms with E-state index in [9.17, 15) is 58.7 Å². The molecule has 2 aromatic carbocycles. The van der Waals surface area contributed by atoms with Crippen molar-refractivity contribution in [3.8, 4) is 11.5 Å². The number of imidazole rings is 2. The molecule has 1 aliphatic heterocycles. The van der Waals surface area contributed by atoms with Gasteiger partial charge < -0.3 is 50.1 Å². The molecule has 9 N–H and O–H groups in total. The van der Waals surface area contributed by atoms with Gasteiger partial charge >= 0.3 is 36.4 Å². The number of aromatic nitrogens is 8. The number of carbonyl (C=O) groups is 7. The molecule has 452 valence electrons. The van der Waals surface area contributed by atoms with Crippen LogP contribution >= 0.6 is 0 Å². The van der Waals surface area contributed by atoms with E-state index in [4.69, 9.17) is 65.3 Å². The maximum absolute atomic E-state index is 13.8. The van der Waals surface area contributed by atoms with Crippen LogP contribution in [-0.4, -0.2) is 166 Å². The number of allylic oxidation sites excluding steroid dienone is 2. The third-order valence-electron chi connectivity index (χ3n) is 11.2. The smallest absolute Gasteiger partial charge is 0.490 e. The number of benzene rings is 2. The molecule has 0 spiro atoms. The van der Waals surface area contributed by atoms with Gasteiger partial charge in [-0.2, -0.15) is 49.7 Å². The number of ether oxygens (including phenoxy) is 3. The van der Waals surface area contributed by atoms with Crippen LogP contribution in [0, 0.1) is 13.8 Å². The number of rotatable bonds is 18. The second-order valence-electron chi connectivity index (χ2n) is 17.1. The Morgan fingerprint density at radius 2 is 1.01 bits per heavy atom. The lowest BCUT2D eigenvalue weighted by Gasteiger charge is -2.26. The lowest BCUT2D eigenvalue weighted by Crippen LogP contribution is -2.37. The van der Waals surface area contributed by atoms with Crippen molar-refractivity contribution in [3.63, 3.8) is 0 Å². The number of hydrogen-bond donors (Lipinski definition) is 7. The number of methoxy groups -OCH3 is 1. The Balaban J connectivity index is 0.000000598. The average Bonchev–Trinajstić information content (AvgIpc) is 2.72. The van der Waals surface area contributed by atoms with Gasteiger partial charge in [-0.3, -0.25) is 44.1 Å².